The van der Waals surface area contributed by atoms with Gasteiger partial charge < -0.3 is 18.9 Å². The Labute approximate surface area is 169 Å². The molecule has 7 nitrogen and oxygen atoms in total. The van der Waals surface area contributed by atoms with Gasteiger partial charge in [0.1, 0.15) is 0 Å². The highest BCUT2D eigenvalue weighted by Crippen LogP contribution is 2.21. The van der Waals surface area contributed by atoms with E-state index >= 15 is 0 Å². The Bertz CT molecular complexity index is 582. The predicted molar refractivity (Wildman–Crippen MR) is 107 cm³/mol. The Morgan fingerprint density at radius 2 is 1.25 bits per heavy atom. The number of hydrogen-bond donors (Lipinski definition) is 0. The molecule has 0 saturated heterocycles. The molecule has 0 heterocycles. The van der Waals surface area contributed by atoms with E-state index in [0.29, 0.717) is 59.3 Å². The molecule has 28 heavy (non-hydrogen) atoms. The van der Waals surface area contributed by atoms with Crippen molar-refractivity contribution in [2.45, 2.75) is 32.1 Å². The molecule has 0 aromatic heterocycles. The van der Waals surface area contributed by atoms with E-state index in [9.17, 15) is 8.42 Å². The average Bonchev–Trinajstić information content (AvgIpc) is 2.72. The fraction of sp³-hybridized carbons (Fsp3) is 0.700. The minimum Gasteiger partial charge on any atom is -0.381 e. The summed E-state index contributed by atoms with van der Waals surface area (Å²) in [5, 5.41) is 0. The lowest BCUT2D eigenvalue weighted by molar-refractivity contribution is -0.103. The first-order valence-corrected chi connectivity index (χ1v) is 11.2. The van der Waals surface area contributed by atoms with Gasteiger partial charge in [0.2, 0.25) is 0 Å². The number of ether oxygens (including phenoxy) is 4. The second-order valence-corrected chi connectivity index (χ2v) is 8.02. The number of rotatable bonds is 17. The van der Waals surface area contributed by atoms with Crippen LogP contribution in [0.1, 0.15) is 27.2 Å². The summed E-state index contributed by atoms with van der Waals surface area (Å²) in [7, 11) is -3.73. The molecule has 1 aromatic rings. The number of benzene rings is 1. The molecular weight excluding hydrogens is 384 g/mol. The summed E-state index contributed by atoms with van der Waals surface area (Å²) in [4.78, 5) is 0.153. The van der Waals surface area contributed by atoms with Crippen molar-refractivity contribution in [2.75, 3.05) is 59.5 Å². The lowest BCUT2D eigenvalue weighted by Gasteiger charge is -2.32. The zero-order valence-corrected chi connectivity index (χ0v) is 18.0. The van der Waals surface area contributed by atoms with Crippen LogP contribution in [0.3, 0.4) is 0 Å². The summed E-state index contributed by atoms with van der Waals surface area (Å²) in [6.45, 7) is 9.89. The Balaban J connectivity index is 2.45. The highest BCUT2D eigenvalue weighted by Gasteiger charge is 2.32. The maximum atomic E-state index is 12.1. The van der Waals surface area contributed by atoms with Crippen LogP contribution in [0.4, 0.5) is 0 Å². The first-order valence-electron chi connectivity index (χ1n) is 9.75. The van der Waals surface area contributed by atoms with Crippen molar-refractivity contribution < 1.29 is 31.5 Å². The summed E-state index contributed by atoms with van der Waals surface area (Å²) >= 11 is 0. The fourth-order valence-corrected chi connectivity index (χ4v) is 3.44. The molecule has 1 aromatic carbocycles. The van der Waals surface area contributed by atoms with E-state index in [1.807, 2.05) is 20.8 Å². The predicted octanol–water partition coefficient (Wildman–Crippen LogP) is 2.89. The van der Waals surface area contributed by atoms with E-state index < -0.39 is 10.1 Å². The molecule has 0 radical (unpaired) electrons. The molecule has 0 N–H and O–H groups in total. The Kier molecular flexibility index (Phi) is 12.5. The molecule has 0 spiro atoms. The van der Waals surface area contributed by atoms with E-state index in [4.69, 9.17) is 23.1 Å². The largest absolute Gasteiger partial charge is 0.381 e. The topological polar surface area (TPSA) is 80.3 Å². The lowest BCUT2D eigenvalue weighted by atomic mass is 9.92. The van der Waals surface area contributed by atoms with E-state index in [1.54, 1.807) is 18.2 Å². The first-order chi connectivity index (χ1) is 13.5. The SMILES string of the molecule is CCOCC(COCC)(COCC)COCCCOS(=O)(=O)c1ccccc1. The average molecular weight is 419 g/mol. The van der Waals surface area contributed by atoms with Gasteiger partial charge in [-0.25, -0.2) is 0 Å². The van der Waals surface area contributed by atoms with Crippen LogP contribution in [0.2, 0.25) is 0 Å². The van der Waals surface area contributed by atoms with E-state index in [0.717, 1.165) is 0 Å². The summed E-state index contributed by atoms with van der Waals surface area (Å²) in [5.74, 6) is 0. The Hall–Kier alpha value is -1.03. The third kappa shape index (κ3) is 9.45. The second-order valence-electron chi connectivity index (χ2n) is 6.41. The van der Waals surface area contributed by atoms with E-state index in [2.05, 4.69) is 0 Å². The molecule has 0 atom stereocenters. The quantitative estimate of drug-likeness (QED) is 0.284. The fourth-order valence-electron chi connectivity index (χ4n) is 2.48. The van der Waals surface area contributed by atoms with Crippen LogP contribution >= 0.6 is 0 Å². The van der Waals surface area contributed by atoms with Crippen molar-refractivity contribution in [2.24, 2.45) is 5.41 Å². The maximum absolute atomic E-state index is 12.1. The van der Waals surface area contributed by atoms with Crippen molar-refractivity contribution in [1.82, 2.24) is 0 Å². The summed E-state index contributed by atoms with van der Waals surface area (Å²) in [6, 6.07) is 8.10. The monoisotopic (exact) mass is 418 g/mol. The summed E-state index contributed by atoms with van der Waals surface area (Å²) < 4.78 is 51.9. The summed E-state index contributed by atoms with van der Waals surface area (Å²) in [5.41, 5.74) is -0.390. The van der Waals surface area contributed by atoms with Crippen LogP contribution in [0.25, 0.3) is 0 Å². The summed E-state index contributed by atoms with van der Waals surface area (Å²) in [6.07, 6.45) is 0.458. The van der Waals surface area contributed by atoms with Crippen LogP contribution in [0.5, 0.6) is 0 Å². The van der Waals surface area contributed by atoms with Crippen molar-refractivity contribution in [3.8, 4) is 0 Å². The van der Waals surface area contributed by atoms with Crippen molar-refractivity contribution in [1.29, 1.82) is 0 Å². The zero-order chi connectivity index (χ0) is 20.7. The van der Waals surface area contributed by atoms with Crippen LogP contribution < -0.4 is 0 Å². The molecule has 0 amide bonds. The van der Waals surface area contributed by atoms with Crippen molar-refractivity contribution in [3.63, 3.8) is 0 Å². The maximum Gasteiger partial charge on any atom is 0.296 e. The normalized spacial score (nSPS) is 12.4. The standard InChI is InChI=1S/C20H34O7S/c1-4-23-15-20(16-24-5-2,17-25-6-3)18-26-13-10-14-27-28(21,22)19-11-8-7-9-12-19/h7-9,11-12H,4-6,10,13-18H2,1-3H3. The van der Waals surface area contributed by atoms with E-state index in [-0.39, 0.29) is 16.9 Å². The van der Waals surface area contributed by atoms with Crippen LogP contribution in [-0.4, -0.2) is 67.9 Å². The highest BCUT2D eigenvalue weighted by atomic mass is 32.2. The second kappa shape index (κ2) is 14.0. The Morgan fingerprint density at radius 3 is 1.75 bits per heavy atom. The van der Waals surface area contributed by atoms with Gasteiger partial charge in [0.15, 0.2) is 0 Å². The van der Waals surface area contributed by atoms with Crippen LogP contribution in [0.15, 0.2) is 35.2 Å². The van der Waals surface area contributed by atoms with Gasteiger partial charge in [-0.1, -0.05) is 18.2 Å². The molecule has 0 aliphatic carbocycles. The molecule has 0 fully saturated rings. The van der Waals surface area contributed by atoms with Gasteiger partial charge in [-0.2, -0.15) is 8.42 Å². The molecule has 0 aliphatic rings. The molecule has 0 saturated carbocycles. The molecule has 0 bridgehead atoms. The van der Waals surface area contributed by atoms with Crippen molar-refractivity contribution in [3.05, 3.63) is 30.3 Å². The lowest BCUT2D eigenvalue weighted by Crippen LogP contribution is -2.42. The van der Waals surface area contributed by atoms with Crippen molar-refractivity contribution >= 4 is 10.1 Å². The first kappa shape index (κ1) is 25.0. The molecule has 1 rings (SSSR count). The molecule has 162 valence electrons. The molecule has 0 unspecified atom stereocenters. The minimum atomic E-state index is -3.73. The highest BCUT2D eigenvalue weighted by molar-refractivity contribution is 7.86. The van der Waals surface area contributed by atoms with Gasteiger partial charge in [-0.15, -0.1) is 0 Å². The van der Waals surface area contributed by atoms with Gasteiger partial charge in [0.05, 0.1) is 43.3 Å². The van der Waals surface area contributed by atoms with Gasteiger partial charge >= 0.3 is 0 Å². The third-order valence-electron chi connectivity index (χ3n) is 3.95. The van der Waals surface area contributed by atoms with Gasteiger partial charge in [-0.3, -0.25) is 4.18 Å². The van der Waals surface area contributed by atoms with Gasteiger partial charge in [-0.05, 0) is 39.3 Å². The van der Waals surface area contributed by atoms with Gasteiger partial charge in [0.25, 0.3) is 10.1 Å². The van der Waals surface area contributed by atoms with E-state index in [1.165, 1.54) is 12.1 Å². The van der Waals surface area contributed by atoms with Crippen LogP contribution in [-0.2, 0) is 33.2 Å². The number of hydrogen-bond acceptors (Lipinski definition) is 7. The molecule has 8 heteroatoms. The molecular formula is C20H34O7S. The minimum absolute atomic E-state index is 0.0621. The Morgan fingerprint density at radius 1 is 0.750 bits per heavy atom. The molecule has 0 aliphatic heterocycles. The van der Waals surface area contributed by atoms with Gasteiger partial charge in [0, 0.05) is 26.4 Å². The smallest absolute Gasteiger partial charge is 0.296 e. The third-order valence-corrected chi connectivity index (χ3v) is 5.28. The zero-order valence-electron chi connectivity index (χ0n) is 17.2. The van der Waals surface area contributed by atoms with Crippen LogP contribution in [0, 0.1) is 5.41 Å².